The molecule has 2 heterocycles. The van der Waals surface area contributed by atoms with Gasteiger partial charge in [-0.05, 0) is 71.9 Å². The van der Waals surface area contributed by atoms with Crippen LogP contribution in [0.2, 0.25) is 0 Å². The van der Waals surface area contributed by atoms with E-state index >= 15 is 0 Å². The third kappa shape index (κ3) is 4.50. The van der Waals surface area contributed by atoms with E-state index in [1.807, 2.05) is 6.07 Å². The molecule has 0 radical (unpaired) electrons. The highest BCUT2D eigenvalue weighted by Gasteiger charge is 2.25. The van der Waals surface area contributed by atoms with Crippen LogP contribution in [0.15, 0.2) is 23.1 Å². The van der Waals surface area contributed by atoms with Crippen molar-refractivity contribution in [1.82, 2.24) is 23.7 Å². The summed E-state index contributed by atoms with van der Waals surface area (Å²) in [6.07, 6.45) is 2.35. The van der Waals surface area contributed by atoms with E-state index in [0.717, 1.165) is 43.0 Å². The lowest BCUT2D eigenvalue weighted by molar-refractivity contribution is 0.102. The lowest BCUT2D eigenvalue weighted by atomic mass is 10.0. The fourth-order valence-electron chi connectivity index (χ4n) is 4.20. The number of hydrogen-bond donors (Lipinski definition) is 0. The maximum atomic E-state index is 12.5. The molecular formula is C21H35N5O2S. The van der Waals surface area contributed by atoms with Crippen molar-refractivity contribution in [2.45, 2.75) is 63.7 Å². The Balaban J connectivity index is 1.82. The second kappa shape index (κ2) is 8.71. The normalized spacial score (nSPS) is 17.3. The number of rotatable bonds is 7. The molecule has 0 atom stereocenters. The van der Waals surface area contributed by atoms with E-state index in [-0.39, 0.29) is 4.90 Å². The van der Waals surface area contributed by atoms with Gasteiger partial charge in [0, 0.05) is 32.7 Å². The predicted molar refractivity (Wildman–Crippen MR) is 117 cm³/mol. The van der Waals surface area contributed by atoms with E-state index in [9.17, 15) is 8.42 Å². The second-order valence-electron chi connectivity index (χ2n) is 8.49. The summed E-state index contributed by atoms with van der Waals surface area (Å²) in [6.45, 7) is 10.5. The zero-order chi connectivity index (χ0) is 21.3. The van der Waals surface area contributed by atoms with E-state index in [4.69, 9.17) is 4.98 Å². The highest BCUT2D eigenvalue weighted by atomic mass is 32.2. The van der Waals surface area contributed by atoms with E-state index < -0.39 is 10.0 Å². The quantitative estimate of drug-likeness (QED) is 0.688. The average molecular weight is 422 g/mol. The van der Waals surface area contributed by atoms with Crippen molar-refractivity contribution in [3.8, 4) is 0 Å². The Kier molecular flexibility index (Phi) is 6.67. The lowest BCUT2D eigenvalue weighted by Gasteiger charge is -2.38. The molecule has 3 rings (SSSR count). The van der Waals surface area contributed by atoms with E-state index in [2.05, 4.69) is 42.2 Å². The number of sulfonamides is 1. The first-order valence-corrected chi connectivity index (χ1v) is 11.9. The van der Waals surface area contributed by atoms with Gasteiger partial charge in [0.2, 0.25) is 10.0 Å². The number of likely N-dealkylation sites (tertiary alicyclic amines) is 1. The molecule has 8 heteroatoms. The van der Waals surface area contributed by atoms with Crippen LogP contribution in [-0.2, 0) is 23.1 Å². The summed E-state index contributed by atoms with van der Waals surface area (Å²) < 4.78 is 28.4. The molecule has 1 aromatic carbocycles. The van der Waals surface area contributed by atoms with Gasteiger partial charge in [0.25, 0.3) is 0 Å². The topological polar surface area (TPSA) is 61.7 Å². The van der Waals surface area contributed by atoms with Gasteiger partial charge in [0.15, 0.2) is 0 Å². The Morgan fingerprint density at radius 1 is 1.17 bits per heavy atom. The predicted octanol–water partition coefficient (Wildman–Crippen LogP) is 2.61. The standard InChI is InChI=1S/C21H35N5O2S/c1-7-26-20-9-8-18(29(27,28)23(4)5)14-19(20)22-21(26)15-24(6)17-10-12-25(13-11-17)16(2)3/h8-9,14,16-17H,7,10-13,15H2,1-6H3. The van der Waals surface area contributed by atoms with Gasteiger partial charge < -0.3 is 9.47 Å². The van der Waals surface area contributed by atoms with Crippen LogP contribution in [0.5, 0.6) is 0 Å². The third-order valence-electron chi connectivity index (χ3n) is 6.14. The van der Waals surface area contributed by atoms with E-state index in [1.165, 1.54) is 17.1 Å². The Bertz CT molecular complexity index is 943. The number of fused-ring (bicyclic) bond motifs is 1. The van der Waals surface area contributed by atoms with Crippen molar-refractivity contribution in [2.75, 3.05) is 34.2 Å². The molecule has 0 N–H and O–H groups in total. The number of benzene rings is 1. The van der Waals surface area contributed by atoms with Crippen LogP contribution in [0.4, 0.5) is 0 Å². The van der Waals surface area contributed by atoms with E-state index in [1.54, 1.807) is 26.2 Å². The van der Waals surface area contributed by atoms with Crippen LogP contribution in [0.1, 0.15) is 39.4 Å². The van der Waals surface area contributed by atoms with Crippen LogP contribution in [-0.4, -0.2) is 78.4 Å². The second-order valence-corrected chi connectivity index (χ2v) is 10.6. The zero-order valence-electron chi connectivity index (χ0n) is 18.6. The van der Waals surface area contributed by atoms with Crippen molar-refractivity contribution < 1.29 is 8.42 Å². The van der Waals surface area contributed by atoms with Crippen LogP contribution in [0.3, 0.4) is 0 Å². The molecule has 0 saturated carbocycles. The maximum absolute atomic E-state index is 12.5. The zero-order valence-corrected chi connectivity index (χ0v) is 19.4. The highest BCUT2D eigenvalue weighted by Crippen LogP contribution is 2.24. The monoisotopic (exact) mass is 421 g/mol. The maximum Gasteiger partial charge on any atom is 0.242 e. The van der Waals surface area contributed by atoms with Gasteiger partial charge in [0.1, 0.15) is 5.82 Å². The summed E-state index contributed by atoms with van der Waals surface area (Å²) >= 11 is 0. The molecule has 1 fully saturated rings. The summed E-state index contributed by atoms with van der Waals surface area (Å²) in [5.74, 6) is 0.996. The fourth-order valence-corrected chi connectivity index (χ4v) is 5.12. The van der Waals surface area contributed by atoms with Gasteiger partial charge in [-0.2, -0.15) is 0 Å². The average Bonchev–Trinajstić information content (AvgIpc) is 3.03. The molecule has 1 aliphatic rings. The lowest BCUT2D eigenvalue weighted by Crippen LogP contribution is -2.45. The molecule has 2 aromatic rings. The van der Waals surface area contributed by atoms with Crippen LogP contribution < -0.4 is 0 Å². The van der Waals surface area contributed by atoms with Gasteiger partial charge in [-0.25, -0.2) is 17.7 Å². The van der Waals surface area contributed by atoms with Crippen molar-refractivity contribution >= 4 is 21.1 Å². The molecule has 0 spiro atoms. The number of imidazole rings is 1. The molecule has 1 aromatic heterocycles. The first-order valence-electron chi connectivity index (χ1n) is 10.5. The number of hydrogen-bond acceptors (Lipinski definition) is 5. The van der Waals surface area contributed by atoms with Gasteiger partial charge in [0.05, 0.1) is 22.5 Å². The Labute approximate surface area is 175 Å². The summed E-state index contributed by atoms with van der Waals surface area (Å²) in [5.41, 5.74) is 1.73. The number of aryl methyl sites for hydroxylation is 1. The highest BCUT2D eigenvalue weighted by molar-refractivity contribution is 7.89. The molecule has 0 unspecified atom stereocenters. The van der Waals surface area contributed by atoms with Crippen LogP contribution in [0.25, 0.3) is 11.0 Å². The summed E-state index contributed by atoms with van der Waals surface area (Å²) in [5, 5.41) is 0. The molecule has 0 aliphatic carbocycles. The number of piperidine rings is 1. The van der Waals surface area contributed by atoms with Crippen molar-refractivity contribution in [3.63, 3.8) is 0 Å². The minimum Gasteiger partial charge on any atom is -0.327 e. The first kappa shape index (κ1) is 22.2. The summed E-state index contributed by atoms with van der Waals surface area (Å²) in [6, 6.07) is 6.42. The van der Waals surface area contributed by atoms with Gasteiger partial charge >= 0.3 is 0 Å². The molecule has 1 saturated heterocycles. The number of nitrogens with zero attached hydrogens (tertiary/aromatic N) is 5. The first-order chi connectivity index (χ1) is 13.6. The molecule has 0 bridgehead atoms. The molecular weight excluding hydrogens is 386 g/mol. The Hall–Kier alpha value is -1.48. The smallest absolute Gasteiger partial charge is 0.242 e. The minimum atomic E-state index is -3.46. The largest absolute Gasteiger partial charge is 0.327 e. The molecule has 162 valence electrons. The van der Waals surface area contributed by atoms with Crippen molar-refractivity contribution in [2.24, 2.45) is 0 Å². The Morgan fingerprint density at radius 2 is 1.83 bits per heavy atom. The Morgan fingerprint density at radius 3 is 2.38 bits per heavy atom. The van der Waals surface area contributed by atoms with Gasteiger partial charge in [-0.15, -0.1) is 0 Å². The summed E-state index contributed by atoms with van der Waals surface area (Å²) in [7, 11) is 1.82. The van der Waals surface area contributed by atoms with Crippen LogP contribution >= 0.6 is 0 Å². The van der Waals surface area contributed by atoms with Crippen molar-refractivity contribution in [1.29, 1.82) is 0 Å². The molecule has 29 heavy (non-hydrogen) atoms. The third-order valence-corrected chi connectivity index (χ3v) is 7.95. The number of aromatic nitrogens is 2. The van der Waals surface area contributed by atoms with Gasteiger partial charge in [-0.1, -0.05) is 0 Å². The molecule has 7 nitrogen and oxygen atoms in total. The minimum absolute atomic E-state index is 0.289. The van der Waals surface area contributed by atoms with Crippen molar-refractivity contribution in [3.05, 3.63) is 24.0 Å². The van der Waals surface area contributed by atoms with E-state index in [0.29, 0.717) is 12.1 Å². The SMILES string of the molecule is CCn1c(CN(C)C2CCN(C(C)C)CC2)nc2cc(S(=O)(=O)N(C)C)ccc21. The molecule has 0 amide bonds. The molecule has 1 aliphatic heterocycles. The summed E-state index contributed by atoms with van der Waals surface area (Å²) in [4.78, 5) is 10.1. The fraction of sp³-hybridized carbons (Fsp3) is 0.667. The van der Waals surface area contributed by atoms with Gasteiger partial charge in [-0.3, -0.25) is 4.90 Å². The van der Waals surface area contributed by atoms with Crippen LogP contribution in [0, 0.1) is 0 Å².